The van der Waals surface area contributed by atoms with Gasteiger partial charge in [-0.15, -0.1) is 0 Å². The minimum atomic E-state index is 0.0223. The number of nitrogens with one attached hydrogen (secondary N) is 1. The normalized spacial score (nSPS) is 18.1. The fraction of sp³-hybridized carbons (Fsp3) is 0.600. The van der Waals surface area contributed by atoms with E-state index in [-0.39, 0.29) is 12.0 Å². The summed E-state index contributed by atoms with van der Waals surface area (Å²) in [6.07, 6.45) is 3.12. The second-order valence-corrected chi connectivity index (χ2v) is 5.16. The summed E-state index contributed by atoms with van der Waals surface area (Å²) in [5.74, 6) is 0.757. The van der Waals surface area contributed by atoms with Crippen molar-refractivity contribution in [2.75, 3.05) is 32.6 Å². The molecule has 0 aliphatic carbocycles. The van der Waals surface area contributed by atoms with Crippen LogP contribution >= 0.6 is 0 Å². The molecule has 5 nitrogen and oxygen atoms in total. The van der Waals surface area contributed by atoms with Gasteiger partial charge < -0.3 is 15.0 Å². The monoisotopic (exact) mass is 277 g/mol. The summed E-state index contributed by atoms with van der Waals surface area (Å²) < 4.78 is 5.58. The van der Waals surface area contributed by atoms with Crippen LogP contribution in [0.25, 0.3) is 0 Å². The molecule has 0 bridgehead atoms. The third-order valence-electron chi connectivity index (χ3n) is 3.59. The van der Waals surface area contributed by atoms with E-state index in [4.69, 9.17) is 4.74 Å². The van der Waals surface area contributed by atoms with Crippen molar-refractivity contribution in [2.45, 2.75) is 32.3 Å². The molecule has 1 N–H and O–H groups in total. The molecule has 110 valence electrons. The van der Waals surface area contributed by atoms with Crippen molar-refractivity contribution in [2.24, 2.45) is 0 Å². The predicted octanol–water partition coefficient (Wildman–Crippen LogP) is 1.94. The Bertz CT molecular complexity index is 448. The largest absolute Gasteiger partial charge is 0.376 e. The van der Waals surface area contributed by atoms with Gasteiger partial charge in [0.25, 0.3) is 5.91 Å². The molecule has 2 heterocycles. The third kappa shape index (κ3) is 3.48. The number of amides is 1. The van der Waals surface area contributed by atoms with Gasteiger partial charge in [0.05, 0.1) is 6.10 Å². The smallest absolute Gasteiger partial charge is 0.253 e. The summed E-state index contributed by atoms with van der Waals surface area (Å²) in [5, 5.41) is 3.00. The summed E-state index contributed by atoms with van der Waals surface area (Å²) in [7, 11) is 3.64. The van der Waals surface area contributed by atoms with E-state index < -0.39 is 0 Å². The Morgan fingerprint density at radius 3 is 2.95 bits per heavy atom. The van der Waals surface area contributed by atoms with E-state index >= 15 is 0 Å². The van der Waals surface area contributed by atoms with Gasteiger partial charge >= 0.3 is 0 Å². The third-order valence-corrected chi connectivity index (χ3v) is 3.59. The second-order valence-electron chi connectivity index (χ2n) is 5.16. The van der Waals surface area contributed by atoms with Gasteiger partial charge in [-0.05, 0) is 31.4 Å². The summed E-state index contributed by atoms with van der Waals surface area (Å²) in [6.45, 7) is 3.50. The second kappa shape index (κ2) is 6.70. The minimum Gasteiger partial charge on any atom is -0.376 e. The highest BCUT2D eigenvalue weighted by Gasteiger charge is 2.21. The Hall–Kier alpha value is -1.62. The highest BCUT2D eigenvalue weighted by molar-refractivity contribution is 5.94. The topological polar surface area (TPSA) is 54.5 Å². The zero-order chi connectivity index (χ0) is 14.5. The van der Waals surface area contributed by atoms with Crippen molar-refractivity contribution >= 4 is 11.7 Å². The van der Waals surface area contributed by atoms with Crippen LogP contribution in [0.4, 0.5) is 5.82 Å². The zero-order valence-electron chi connectivity index (χ0n) is 12.5. The average Bonchev–Trinajstić information content (AvgIpc) is 2.98. The Balaban J connectivity index is 2.10. The van der Waals surface area contributed by atoms with Gasteiger partial charge in [-0.1, -0.05) is 6.92 Å². The van der Waals surface area contributed by atoms with E-state index in [0.717, 1.165) is 37.4 Å². The molecule has 1 aromatic rings. The molecule has 5 heteroatoms. The van der Waals surface area contributed by atoms with Gasteiger partial charge in [-0.3, -0.25) is 4.79 Å². The number of ether oxygens (including phenoxy) is 1. The lowest BCUT2D eigenvalue weighted by molar-refractivity contribution is 0.0587. The molecule has 0 saturated carbocycles. The maximum absolute atomic E-state index is 12.5. The van der Waals surface area contributed by atoms with Crippen LogP contribution in [0.5, 0.6) is 0 Å². The first kappa shape index (κ1) is 14.8. The van der Waals surface area contributed by atoms with Crippen LogP contribution in [0.2, 0.25) is 0 Å². The van der Waals surface area contributed by atoms with Crippen molar-refractivity contribution in [3.63, 3.8) is 0 Å². The first-order valence-corrected chi connectivity index (χ1v) is 7.19. The minimum absolute atomic E-state index is 0.0223. The summed E-state index contributed by atoms with van der Waals surface area (Å²) in [4.78, 5) is 18.6. The first-order chi connectivity index (χ1) is 9.63. The van der Waals surface area contributed by atoms with Crippen molar-refractivity contribution < 1.29 is 9.53 Å². The molecule has 1 aliphatic rings. The van der Waals surface area contributed by atoms with Crippen LogP contribution in [0.1, 0.15) is 35.8 Å². The van der Waals surface area contributed by atoms with E-state index in [2.05, 4.69) is 10.3 Å². The van der Waals surface area contributed by atoms with Gasteiger partial charge in [-0.2, -0.15) is 0 Å². The Labute approximate surface area is 120 Å². The summed E-state index contributed by atoms with van der Waals surface area (Å²) in [6, 6.07) is 3.67. The fourth-order valence-corrected chi connectivity index (χ4v) is 2.42. The lowest BCUT2D eigenvalue weighted by Gasteiger charge is -2.21. The number of rotatable bonds is 5. The van der Waals surface area contributed by atoms with Crippen molar-refractivity contribution in [3.05, 3.63) is 23.4 Å². The molecule has 0 radical (unpaired) electrons. The predicted molar refractivity (Wildman–Crippen MR) is 79.1 cm³/mol. The number of aryl methyl sites for hydroxylation is 1. The van der Waals surface area contributed by atoms with Crippen LogP contribution in [0.15, 0.2) is 12.1 Å². The number of carbonyl (C=O) groups is 1. The molecule has 1 aliphatic heterocycles. The maximum atomic E-state index is 12.5. The van der Waals surface area contributed by atoms with Gasteiger partial charge in [0.1, 0.15) is 5.82 Å². The van der Waals surface area contributed by atoms with E-state index in [1.165, 1.54) is 0 Å². The fourth-order valence-electron chi connectivity index (χ4n) is 2.42. The molecule has 1 fully saturated rings. The molecule has 1 aromatic heterocycles. The standard InChI is InChI=1S/C15H23N3O2/c1-4-12-8-11(9-14(16-2)17-12)15(19)18(3)10-13-6-5-7-20-13/h8-9,13H,4-7,10H2,1-3H3,(H,16,17). The summed E-state index contributed by atoms with van der Waals surface area (Å²) in [5.41, 5.74) is 1.60. The molecule has 2 rings (SSSR count). The maximum Gasteiger partial charge on any atom is 0.253 e. The van der Waals surface area contributed by atoms with Gasteiger partial charge in [-0.25, -0.2) is 4.98 Å². The van der Waals surface area contributed by atoms with E-state index in [1.807, 2.05) is 27.1 Å². The number of hydrogen-bond acceptors (Lipinski definition) is 4. The van der Waals surface area contributed by atoms with E-state index in [1.54, 1.807) is 11.0 Å². The quantitative estimate of drug-likeness (QED) is 0.893. The van der Waals surface area contributed by atoms with E-state index in [9.17, 15) is 4.79 Å². The molecular weight excluding hydrogens is 254 g/mol. The zero-order valence-corrected chi connectivity index (χ0v) is 12.5. The number of nitrogens with zero attached hydrogens (tertiary/aromatic N) is 2. The number of aromatic nitrogens is 1. The number of likely N-dealkylation sites (N-methyl/N-ethyl adjacent to an activating group) is 1. The Morgan fingerprint density at radius 1 is 1.55 bits per heavy atom. The molecule has 1 saturated heterocycles. The molecule has 1 atom stereocenters. The van der Waals surface area contributed by atoms with Crippen molar-refractivity contribution in [3.8, 4) is 0 Å². The van der Waals surface area contributed by atoms with Gasteiger partial charge in [0.15, 0.2) is 0 Å². The van der Waals surface area contributed by atoms with Crippen molar-refractivity contribution in [1.82, 2.24) is 9.88 Å². The van der Waals surface area contributed by atoms with Crippen LogP contribution < -0.4 is 5.32 Å². The number of carbonyl (C=O) groups excluding carboxylic acids is 1. The highest BCUT2D eigenvalue weighted by atomic mass is 16.5. The number of pyridine rings is 1. The molecular formula is C15H23N3O2. The average molecular weight is 277 g/mol. The van der Waals surface area contributed by atoms with Crippen LogP contribution in [0.3, 0.4) is 0 Å². The van der Waals surface area contributed by atoms with E-state index in [0.29, 0.717) is 12.1 Å². The summed E-state index contributed by atoms with van der Waals surface area (Å²) >= 11 is 0. The SMILES string of the molecule is CCc1cc(C(=O)N(C)CC2CCCO2)cc(NC)n1. The number of anilines is 1. The lowest BCUT2D eigenvalue weighted by atomic mass is 10.1. The van der Waals surface area contributed by atoms with Gasteiger partial charge in [0, 0.05) is 38.5 Å². The Kier molecular flexibility index (Phi) is 4.95. The molecule has 1 unspecified atom stereocenters. The van der Waals surface area contributed by atoms with Crippen molar-refractivity contribution in [1.29, 1.82) is 0 Å². The van der Waals surface area contributed by atoms with Crippen LogP contribution in [-0.4, -0.2) is 49.1 Å². The molecule has 0 aromatic carbocycles. The van der Waals surface area contributed by atoms with Crippen LogP contribution in [-0.2, 0) is 11.2 Å². The van der Waals surface area contributed by atoms with Crippen LogP contribution in [0, 0.1) is 0 Å². The molecule has 0 spiro atoms. The first-order valence-electron chi connectivity index (χ1n) is 7.19. The molecule has 20 heavy (non-hydrogen) atoms. The molecule has 1 amide bonds. The lowest BCUT2D eigenvalue weighted by Crippen LogP contribution is -2.34. The highest BCUT2D eigenvalue weighted by Crippen LogP contribution is 2.16. The Morgan fingerprint density at radius 2 is 2.35 bits per heavy atom. The van der Waals surface area contributed by atoms with Gasteiger partial charge in [0.2, 0.25) is 0 Å². The number of hydrogen-bond donors (Lipinski definition) is 1.